The summed E-state index contributed by atoms with van der Waals surface area (Å²) in [6, 6.07) is 7.41. The van der Waals surface area contributed by atoms with E-state index in [1.807, 2.05) is 38.1 Å². The summed E-state index contributed by atoms with van der Waals surface area (Å²) in [5.74, 6) is 2.13. The van der Waals surface area contributed by atoms with Crippen LogP contribution >= 0.6 is 0 Å². The summed E-state index contributed by atoms with van der Waals surface area (Å²) in [6.45, 7) is 5.59. The van der Waals surface area contributed by atoms with Crippen LogP contribution in [0.2, 0.25) is 0 Å². The highest BCUT2D eigenvalue weighted by molar-refractivity contribution is 5.75. The van der Waals surface area contributed by atoms with Gasteiger partial charge in [0.05, 0.1) is 12.5 Å². The zero-order valence-corrected chi connectivity index (χ0v) is 15.5. The van der Waals surface area contributed by atoms with Gasteiger partial charge in [-0.3, -0.25) is 0 Å². The number of carbonyl (C=O) groups is 1. The molecule has 0 bridgehead atoms. The first-order chi connectivity index (χ1) is 13.1. The number of amides is 2. The number of urea groups is 1. The van der Waals surface area contributed by atoms with Crippen molar-refractivity contribution in [1.82, 2.24) is 25.3 Å². The molecule has 1 fully saturated rings. The molecule has 1 unspecified atom stereocenters. The van der Waals surface area contributed by atoms with E-state index in [-0.39, 0.29) is 24.4 Å². The molecule has 0 aliphatic carbocycles. The molecule has 1 aliphatic heterocycles. The van der Waals surface area contributed by atoms with E-state index in [1.54, 1.807) is 4.90 Å². The predicted octanol–water partition coefficient (Wildman–Crippen LogP) is 3.42. The highest BCUT2D eigenvalue weighted by Crippen LogP contribution is 2.26. The largest absolute Gasteiger partial charge is 0.439 e. The fourth-order valence-corrected chi connectivity index (χ4v) is 3.27. The van der Waals surface area contributed by atoms with Crippen molar-refractivity contribution in [2.75, 3.05) is 13.1 Å². The fourth-order valence-electron chi connectivity index (χ4n) is 3.27. The summed E-state index contributed by atoms with van der Waals surface area (Å²) in [5, 5.41) is 6.92. The number of benzene rings is 1. The Hall–Kier alpha value is -2.90. The first-order valence-corrected chi connectivity index (χ1v) is 9.31. The molecule has 8 nitrogen and oxygen atoms in total. The summed E-state index contributed by atoms with van der Waals surface area (Å²) in [6.07, 6.45) is 1.84. The summed E-state index contributed by atoms with van der Waals surface area (Å²) in [5.41, 5.74) is 1.51. The van der Waals surface area contributed by atoms with Crippen LogP contribution in [0.3, 0.4) is 0 Å². The Morgan fingerprint density at radius 1 is 1.33 bits per heavy atom. The van der Waals surface area contributed by atoms with E-state index in [1.165, 1.54) is 0 Å². The standard InChI is InChI=1S/C19H23N5O3/c1-12(2)17-22-18(27-23-17)13-6-5-9-24(11-13)19(25)20-10-16-21-14-7-3-4-8-15(14)26-16/h3-4,7-8,12-13H,5-6,9-11H2,1-2H3,(H,20,25). The van der Waals surface area contributed by atoms with E-state index in [4.69, 9.17) is 8.94 Å². The number of piperidine rings is 1. The zero-order valence-electron chi connectivity index (χ0n) is 15.5. The van der Waals surface area contributed by atoms with E-state index in [2.05, 4.69) is 20.4 Å². The second-order valence-corrected chi connectivity index (χ2v) is 7.16. The van der Waals surface area contributed by atoms with Crippen LogP contribution in [0.1, 0.15) is 56.1 Å². The van der Waals surface area contributed by atoms with Crippen molar-refractivity contribution >= 4 is 17.1 Å². The van der Waals surface area contributed by atoms with E-state index < -0.39 is 0 Å². The minimum atomic E-state index is -0.134. The Morgan fingerprint density at radius 2 is 2.19 bits per heavy atom. The third-order valence-electron chi connectivity index (χ3n) is 4.76. The molecule has 0 spiro atoms. The molecule has 8 heteroatoms. The van der Waals surface area contributed by atoms with Crippen molar-refractivity contribution in [3.05, 3.63) is 41.9 Å². The van der Waals surface area contributed by atoms with Gasteiger partial charge in [0, 0.05) is 19.0 Å². The molecule has 1 aliphatic rings. The molecule has 3 heterocycles. The lowest BCUT2D eigenvalue weighted by Gasteiger charge is -2.30. The highest BCUT2D eigenvalue weighted by atomic mass is 16.5. The van der Waals surface area contributed by atoms with Gasteiger partial charge in [0.25, 0.3) is 0 Å². The van der Waals surface area contributed by atoms with Crippen LogP contribution < -0.4 is 5.32 Å². The van der Waals surface area contributed by atoms with Crippen LogP contribution in [-0.4, -0.2) is 39.1 Å². The van der Waals surface area contributed by atoms with Gasteiger partial charge < -0.3 is 19.2 Å². The van der Waals surface area contributed by atoms with E-state index >= 15 is 0 Å². The highest BCUT2D eigenvalue weighted by Gasteiger charge is 2.29. The van der Waals surface area contributed by atoms with Gasteiger partial charge in [0.15, 0.2) is 11.4 Å². The number of likely N-dealkylation sites (tertiary alicyclic amines) is 1. The predicted molar refractivity (Wildman–Crippen MR) is 98.2 cm³/mol. The molecular formula is C19H23N5O3. The number of hydrogen-bond donors (Lipinski definition) is 1. The van der Waals surface area contributed by atoms with Crippen LogP contribution in [0, 0.1) is 0 Å². The molecule has 27 heavy (non-hydrogen) atoms. The number of rotatable bonds is 4. The van der Waals surface area contributed by atoms with Crippen LogP contribution in [0.25, 0.3) is 11.1 Å². The van der Waals surface area contributed by atoms with Crippen LogP contribution in [-0.2, 0) is 6.54 Å². The van der Waals surface area contributed by atoms with Crippen molar-refractivity contribution in [1.29, 1.82) is 0 Å². The number of fused-ring (bicyclic) bond motifs is 1. The first-order valence-electron chi connectivity index (χ1n) is 9.31. The van der Waals surface area contributed by atoms with Crippen molar-refractivity contribution < 1.29 is 13.7 Å². The number of hydrogen-bond acceptors (Lipinski definition) is 6. The van der Waals surface area contributed by atoms with Crippen molar-refractivity contribution in [3.8, 4) is 0 Å². The van der Waals surface area contributed by atoms with E-state index in [0.29, 0.717) is 30.7 Å². The Balaban J connectivity index is 1.36. The maximum absolute atomic E-state index is 12.6. The minimum absolute atomic E-state index is 0.0776. The van der Waals surface area contributed by atoms with E-state index in [9.17, 15) is 4.79 Å². The number of carbonyl (C=O) groups excluding carboxylic acids is 1. The first kappa shape index (κ1) is 17.5. The Bertz CT molecular complexity index is 899. The second kappa shape index (κ2) is 7.38. The normalized spacial score (nSPS) is 17.6. The molecule has 4 rings (SSSR count). The smallest absolute Gasteiger partial charge is 0.317 e. The van der Waals surface area contributed by atoms with Crippen molar-refractivity contribution in [3.63, 3.8) is 0 Å². The molecule has 0 saturated carbocycles. The minimum Gasteiger partial charge on any atom is -0.439 e. The third-order valence-corrected chi connectivity index (χ3v) is 4.76. The topological polar surface area (TPSA) is 97.3 Å². The van der Waals surface area contributed by atoms with Gasteiger partial charge >= 0.3 is 6.03 Å². The van der Waals surface area contributed by atoms with Gasteiger partial charge in [-0.1, -0.05) is 31.1 Å². The van der Waals surface area contributed by atoms with Crippen LogP contribution in [0.5, 0.6) is 0 Å². The number of nitrogens with zero attached hydrogens (tertiary/aromatic N) is 4. The summed E-state index contributed by atoms with van der Waals surface area (Å²) in [7, 11) is 0. The van der Waals surface area contributed by atoms with Crippen LogP contribution in [0.4, 0.5) is 4.79 Å². The van der Waals surface area contributed by atoms with Gasteiger partial charge in [-0.2, -0.15) is 4.98 Å². The second-order valence-electron chi connectivity index (χ2n) is 7.16. The van der Waals surface area contributed by atoms with Gasteiger partial charge in [0.2, 0.25) is 11.8 Å². The summed E-state index contributed by atoms with van der Waals surface area (Å²) >= 11 is 0. The van der Waals surface area contributed by atoms with Crippen molar-refractivity contribution in [2.45, 2.75) is 45.1 Å². The number of para-hydroxylation sites is 2. The molecule has 0 radical (unpaired) electrons. The molecule has 1 aromatic carbocycles. The summed E-state index contributed by atoms with van der Waals surface area (Å²) in [4.78, 5) is 23.2. The van der Waals surface area contributed by atoms with Crippen LogP contribution in [0.15, 0.2) is 33.2 Å². The molecule has 2 aromatic heterocycles. The lowest BCUT2D eigenvalue weighted by molar-refractivity contribution is 0.171. The quantitative estimate of drug-likeness (QED) is 0.757. The Labute approximate surface area is 156 Å². The lowest BCUT2D eigenvalue weighted by Crippen LogP contribution is -2.44. The average Bonchev–Trinajstić information content (AvgIpc) is 3.33. The number of oxazole rings is 1. The third kappa shape index (κ3) is 3.79. The molecule has 3 aromatic rings. The lowest BCUT2D eigenvalue weighted by atomic mass is 9.98. The maximum Gasteiger partial charge on any atom is 0.317 e. The monoisotopic (exact) mass is 369 g/mol. The van der Waals surface area contributed by atoms with Gasteiger partial charge in [-0.05, 0) is 25.0 Å². The average molecular weight is 369 g/mol. The molecule has 1 atom stereocenters. The molecule has 1 N–H and O–H groups in total. The Kier molecular flexibility index (Phi) is 4.79. The molecule has 142 valence electrons. The number of nitrogens with one attached hydrogen (secondary N) is 1. The molecule has 1 saturated heterocycles. The summed E-state index contributed by atoms with van der Waals surface area (Å²) < 4.78 is 11.1. The van der Waals surface area contributed by atoms with Crippen molar-refractivity contribution in [2.24, 2.45) is 0 Å². The van der Waals surface area contributed by atoms with Gasteiger partial charge in [-0.25, -0.2) is 9.78 Å². The van der Waals surface area contributed by atoms with Gasteiger partial charge in [-0.15, -0.1) is 0 Å². The number of aromatic nitrogens is 3. The van der Waals surface area contributed by atoms with E-state index in [0.717, 1.165) is 23.9 Å². The maximum atomic E-state index is 12.6. The fraction of sp³-hybridized carbons (Fsp3) is 0.474. The SMILES string of the molecule is CC(C)c1noc(C2CCCN(C(=O)NCc3nc4ccccc4o3)C2)n1. The Morgan fingerprint density at radius 3 is 2.96 bits per heavy atom. The molecule has 2 amide bonds. The van der Waals surface area contributed by atoms with Gasteiger partial charge in [0.1, 0.15) is 5.52 Å². The molecular weight excluding hydrogens is 346 g/mol. The zero-order chi connectivity index (χ0) is 18.8.